The number of carbonyl (C=O) groups excluding carboxylic acids is 1. The molecule has 0 atom stereocenters. The van der Waals surface area contributed by atoms with Crippen molar-refractivity contribution in [3.05, 3.63) is 71.2 Å². The van der Waals surface area contributed by atoms with E-state index in [1.54, 1.807) is 24.3 Å². The molecule has 0 fully saturated rings. The number of ether oxygens (including phenoxy) is 1. The van der Waals surface area contributed by atoms with E-state index in [9.17, 15) is 4.79 Å². The van der Waals surface area contributed by atoms with E-state index in [4.69, 9.17) is 20.8 Å². The molecule has 1 amide bonds. The van der Waals surface area contributed by atoms with Crippen molar-refractivity contribution in [1.82, 2.24) is 10.2 Å². The Morgan fingerprint density at radius 1 is 1.04 bits per heavy atom. The predicted molar refractivity (Wildman–Crippen MR) is 103 cm³/mol. The van der Waals surface area contributed by atoms with Crippen molar-refractivity contribution in [3.8, 4) is 17.2 Å². The lowest BCUT2D eigenvalue weighted by Crippen LogP contribution is -2.13. The van der Waals surface area contributed by atoms with Crippen LogP contribution in [0.4, 0.5) is 6.01 Å². The third kappa shape index (κ3) is 3.35. The first-order chi connectivity index (χ1) is 13.2. The van der Waals surface area contributed by atoms with Gasteiger partial charge in [-0.3, -0.25) is 10.1 Å². The van der Waals surface area contributed by atoms with E-state index < -0.39 is 5.91 Å². The monoisotopic (exact) mass is 379 g/mol. The van der Waals surface area contributed by atoms with Crippen LogP contribution >= 0.6 is 11.6 Å². The van der Waals surface area contributed by atoms with Crippen molar-refractivity contribution < 1.29 is 13.9 Å². The van der Waals surface area contributed by atoms with E-state index in [1.165, 1.54) is 7.11 Å². The van der Waals surface area contributed by atoms with E-state index in [2.05, 4.69) is 15.5 Å². The lowest BCUT2D eigenvalue weighted by atomic mass is 10.1. The van der Waals surface area contributed by atoms with Crippen molar-refractivity contribution in [3.63, 3.8) is 0 Å². The highest BCUT2D eigenvalue weighted by molar-refractivity contribution is 6.33. The van der Waals surface area contributed by atoms with Gasteiger partial charge >= 0.3 is 6.01 Å². The van der Waals surface area contributed by atoms with E-state index in [1.807, 2.05) is 36.4 Å². The fourth-order valence-corrected chi connectivity index (χ4v) is 2.96. The number of rotatable bonds is 4. The predicted octanol–water partition coefficient (Wildman–Crippen LogP) is 4.80. The second-order valence-corrected chi connectivity index (χ2v) is 6.15. The first-order valence-corrected chi connectivity index (χ1v) is 8.50. The molecule has 1 aromatic heterocycles. The summed E-state index contributed by atoms with van der Waals surface area (Å²) in [5.74, 6) is 0.269. The number of carbonyl (C=O) groups is 1. The number of hydrogen-bond acceptors (Lipinski definition) is 5. The fourth-order valence-electron chi connectivity index (χ4n) is 2.75. The standard InChI is InChI=1S/C20H14ClN3O3/c1-26-17-11-13-7-3-2-6-12(13)10-15(17)18(25)22-20-24-23-19(27-20)14-8-4-5-9-16(14)21/h2-11H,1H3,(H,22,24,25). The topological polar surface area (TPSA) is 77.2 Å². The van der Waals surface area contributed by atoms with E-state index >= 15 is 0 Å². The molecule has 4 rings (SSSR count). The van der Waals surface area contributed by atoms with E-state index in [0.717, 1.165) is 10.8 Å². The molecule has 3 aromatic carbocycles. The van der Waals surface area contributed by atoms with Crippen LogP contribution in [-0.2, 0) is 0 Å². The lowest BCUT2D eigenvalue weighted by Gasteiger charge is -2.09. The number of benzene rings is 3. The Balaban J connectivity index is 1.63. The third-order valence-electron chi connectivity index (χ3n) is 4.06. The molecule has 134 valence electrons. The molecule has 4 aromatic rings. The van der Waals surface area contributed by atoms with Crippen LogP contribution < -0.4 is 10.1 Å². The summed E-state index contributed by atoms with van der Waals surface area (Å²) in [5.41, 5.74) is 0.962. The van der Waals surface area contributed by atoms with Crippen LogP contribution in [0.2, 0.25) is 5.02 Å². The zero-order valence-corrected chi connectivity index (χ0v) is 15.0. The quantitative estimate of drug-likeness (QED) is 0.551. The van der Waals surface area contributed by atoms with Gasteiger partial charge in [0.1, 0.15) is 5.75 Å². The SMILES string of the molecule is COc1cc2ccccc2cc1C(=O)Nc1nnc(-c2ccccc2Cl)o1. The zero-order chi connectivity index (χ0) is 18.8. The number of amides is 1. The van der Waals surface area contributed by atoms with Gasteiger partial charge in [-0.15, -0.1) is 5.10 Å². The van der Waals surface area contributed by atoms with Crippen LogP contribution in [0.25, 0.3) is 22.2 Å². The summed E-state index contributed by atoms with van der Waals surface area (Å²) < 4.78 is 10.9. The molecule has 0 saturated heterocycles. The Morgan fingerprint density at radius 2 is 1.74 bits per heavy atom. The molecule has 0 aliphatic rings. The van der Waals surface area contributed by atoms with Crippen molar-refractivity contribution in [1.29, 1.82) is 0 Å². The van der Waals surface area contributed by atoms with Crippen LogP contribution in [0, 0.1) is 0 Å². The highest BCUT2D eigenvalue weighted by atomic mass is 35.5. The minimum Gasteiger partial charge on any atom is -0.496 e. The van der Waals surface area contributed by atoms with Gasteiger partial charge in [-0.05, 0) is 35.0 Å². The molecule has 0 unspecified atom stereocenters. The maximum Gasteiger partial charge on any atom is 0.322 e. The highest BCUT2D eigenvalue weighted by Gasteiger charge is 2.18. The number of nitrogens with one attached hydrogen (secondary N) is 1. The Kier molecular flexibility index (Phi) is 4.48. The molecule has 0 bridgehead atoms. The normalized spacial score (nSPS) is 10.7. The van der Waals surface area contributed by atoms with Gasteiger partial charge in [-0.2, -0.15) is 0 Å². The first kappa shape index (κ1) is 17.1. The van der Waals surface area contributed by atoms with Gasteiger partial charge in [0, 0.05) is 0 Å². The first-order valence-electron chi connectivity index (χ1n) is 8.12. The maximum atomic E-state index is 12.7. The van der Waals surface area contributed by atoms with Crippen LogP contribution in [0.1, 0.15) is 10.4 Å². The van der Waals surface area contributed by atoms with Crippen LogP contribution in [0.15, 0.2) is 65.1 Å². The fraction of sp³-hybridized carbons (Fsp3) is 0.0500. The molecule has 0 aliphatic heterocycles. The molecule has 1 N–H and O–H groups in total. The van der Waals surface area contributed by atoms with Crippen molar-refractivity contribution in [2.75, 3.05) is 12.4 Å². The summed E-state index contributed by atoms with van der Waals surface area (Å²) in [6, 6.07) is 18.3. The Bertz CT molecular complexity index is 1140. The van der Waals surface area contributed by atoms with E-state index in [0.29, 0.717) is 21.9 Å². The number of methoxy groups -OCH3 is 1. The lowest BCUT2D eigenvalue weighted by molar-refractivity contribution is 0.102. The number of nitrogens with zero attached hydrogens (tertiary/aromatic N) is 2. The number of halogens is 1. The summed E-state index contributed by atoms with van der Waals surface area (Å²) in [6.07, 6.45) is 0. The van der Waals surface area contributed by atoms with Gasteiger partial charge in [-0.1, -0.05) is 53.1 Å². The molecule has 0 radical (unpaired) electrons. The number of anilines is 1. The van der Waals surface area contributed by atoms with Crippen LogP contribution in [0.3, 0.4) is 0 Å². The molecule has 0 aliphatic carbocycles. The van der Waals surface area contributed by atoms with Gasteiger partial charge in [0.2, 0.25) is 0 Å². The minimum atomic E-state index is -0.410. The molecule has 7 heteroatoms. The van der Waals surface area contributed by atoms with Crippen molar-refractivity contribution >= 4 is 34.3 Å². The molecular formula is C20H14ClN3O3. The van der Waals surface area contributed by atoms with Crippen molar-refractivity contribution in [2.24, 2.45) is 0 Å². The summed E-state index contributed by atoms with van der Waals surface area (Å²) in [6.45, 7) is 0. The summed E-state index contributed by atoms with van der Waals surface area (Å²) in [7, 11) is 1.52. The Morgan fingerprint density at radius 3 is 2.48 bits per heavy atom. The maximum absolute atomic E-state index is 12.7. The van der Waals surface area contributed by atoms with Crippen molar-refractivity contribution in [2.45, 2.75) is 0 Å². The zero-order valence-electron chi connectivity index (χ0n) is 14.3. The average molecular weight is 380 g/mol. The molecule has 27 heavy (non-hydrogen) atoms. The van der Waals surface area contributed by atoms with Gasteiger partial charge in [0.25, 0.3) is 11.8 Å². The molecule has 6 nitrogen and oxygen atoms in total. The molecule has 0 saturated carbocycles. The van der Waals surface area contributed by atoms with Gasteiger partial charge in [0.15, 0.2) is 0 Å². The smallest absolute Gasteiger partial charge is 0.322 e. The molecule has 1 heterocycles. The largest absolute Gasteiger partial charge is 0.496 e. The molecular weight excluding hydrogens is 366 g/mol. The Labute approximate surface area is 159 Å². The summed E-state index contributed by atoms with van der Waals surface area (Å²) >= 11 is 6.13. The van der Waals surface area contributed by atoms with Crippen LogP contribution in [0.5, 0.6) is 5.75 Å². The summed E-state index contributed by atoms with van der Waals surface area (Å²) in [5, 5.41) is 12.8. The highest BCUT2D eigenvalue weighted by Crippen LogP contribution is 2.29. The van der Waals surface area contributed by atoms with Gasteiger partial charge in [0.05, 0.1) is 23.3 Å². The third-order valence-corrected chi connectivity index (χ3v) is 4.39. The van der Waals surface area contributed by atoms with Gasteiger partial charge < -0.3 is 9.15 Å². The second kappa shape index (κ2) is 7.09. The Hall–Kier alpha value is -3.38. The van der Waals surface area contributed by atoms with E-state index in [-0.39, 0.29) is 11.9 Å². The average Bonchev–Trinajstić information content (AvgIpc) is 3.15. The second-order valence-electron chi connectivity index (χ2n) is 5.75. The minimum absolute atomic E-state index is 0.0230. The molecule has 0 spiro atoms. The number of hydrogen-bond donors (Lipinski definition) is 1. The van der Waals surface area contributed by atoms with Gasteiger partial charge in [-0.25, -0.2) is 0 Å². The summed E-state index contributed by atoms with van der Waals surface area (Å²) in [4.78, 5) is 12.7. The number of aromatic nitrogens is 2. The number of fused-ring (bicyclic) bond motifs is 1. The van der Waals surface area contributed by atoms with Crippen LogP contribution in [-0.4, -0.2) is 23.2 Å².